The zero-order valence-electron chi connectivity index (χ0n) is 13.7. The minimum absolute atomic E-state index is 0.0856. The molecule has 0 atom stereocenters. The van der Waals surface area contributed by atoms with Crippen LogP contribution in [-0.4, -0.2) is 28.9 Å². The molecule has 1 saturated carbocycles. The van der Waals surface area contributed by atoms with Crippen LogP contribution in [0.5, 0.6) is 0 Å². The van der Waals surface area contributed by atoms with Gasteiger partial charge < -0.3 is 20.2 Å². The molecule has 7 heteroatoms. The van der Waals surface area contributed by atoms with Gasteiger partial charge in [0.25, 0.3) is 11.8 Å². The van der Waals surface area contributed by atoms with Crippen LogP contribution in [0.3, 0.4) is 0 Å². The third kappa shape index (κ3) is 3.88. The van der Waals surface area contributed by atoms with E-state index in [-0.39, 0.29) is 29.7 Å². The third-order valence-corrected chi connectivity index (χ3v) is 3.92. The average Bonchev–Trinajstić information content (AvgIpc) is 3.29. The lowest BCUT2D eigenvalue weighted by molar-refractivity contribution is -0.136. The maximum Gasteiger partial charge on any atom is 0.311 e. The van der Waals surface area contributed by atoms with E-state index >= 15 is 0 Å². The number of hydrogen-bond donors (Lipinski definition) is 3. The molecule has 0 unspecified atom stereocenters. The summed E-state index contributed by atoms with van der Waals surface area (Å²) in [6.07, 6.45) is 2.89. The number of aryl methyl sites for hydroxylation is 1. The molecule has 1 aromatic carbocycles. The lowest BCUT2D eigenvalue weighted by atomic mass is 10.1. The second kappa shape index (κ2) is 6.80. The van der Waals surface area contributed by atoms with Crippen LogP contribution < -0.4 is 10.6 Å². The second-order valence-electron chi connectivity index (χ2n) is 6.03. The van der Waals surface area contributed by atoms with Crippen LogP contribution in [-0.2, 0) is 11.2 Å². The fourth-order valence-electron chi connectivity index (χ4n) is 2.54. The fourth-order valence-corrected chi connectivity index (χ4v) is 2.54. The Morgan fingerprint density at radius 2 is 1.92 bits per heavy atom. The molecule has 0 saturated heterocycles. The number of aliphatic carboxylic acids is 1. The molecular weight excluding hydrogens is 324 g/mol. The second-order valence-corrected chi connectivity index (χ2v) is 6.03. The zero-order chi connectivity index (χ0) is 18.0. The highest BCUT2D eigenvalue weighted by molar-refractivity contribution is 6.10. The number of amides is 2. The molecule has 0 radical (unpaired) electrons. The average molecular weight is 342 g/mol. The number of carboxylic acids is 1. The van der Waals surface area contributed by atoms with E-state index in [2.05, 4.69) is 10.6 Å². The number of carboxylic acid groups (broad SMARTS) is 1. The van der Waals surface area contributed by atoms with Crippen molar-refractivity contribution in [3.63, 3.8) is 0 Å². The van der Waals surface area contributed by atoms with Crippen LogP contribution in [0.15, 0.2) is 34.9 Å². The number of carbonyl (C=O) groups excluding carboxylic acids is 2. The van der Waals surface area contributed by atoms with Gasteiger partial charge in [-0.3, -0.25) is 14.4 Å². The van der Waals surface area contributed by atoms with E-state index in [1.165, 1.54) is 6.26 Å². The summed E-state index contributed by atoms with van der Waals surface area (Å²) in [6, 6.07) is 6.90. The molecule has 1 heterocycles. The number of carbonyl (C=O) groups is 3. The smallest absolute Gasteiger partial charge is 0.311 e. The lowest BCUT2D eigenvalue weighted by Gasteiger charge is -2.11. The van der Waals surface area contributed by atoms with Gasteiger partial charge in [-0.1, -0.05) is 12.1 Å². The number of para-hydroxylation sites is 1. The van der Waals surface area contributed by atoms with E-state index in [1.54, 1.807) is 31.2 Å². The van der Waals surface area contributed by atoms with Crippen molar-refractivity contribution in [3.05, 3.63) is 53.0 Å². The molecule has 1 aliphatic rings. The first-order chi connectivity index (χ1) is 12.0. The quantitative estimate of drug-likeness (QED) is 0.747. The summed E-state index contributed by atoms with van der Waals surface area (Å²) in [4.78, 5) is 35.8. The Balaban J connectivity index is 1.83. The minimum Gasteiger partial charge on any atom is -0.481 e. The molecule has 1 fully saturated rings. The largest absolute Gasteiger partial charge is 0.481 e. The summed E-state index contributed by atoms with van der Waals surface area (Å²) in [7, 11) is 0. The van der Waals surface area contributed by atoms with Gasteiger partial charge in [0.05, 0.1) is 23.1 Å². The third-order valence-electron chi connectivity index (χ3n) is 3.92. The Morgan fingerprint density at radius 3 is 2.60 bits per heavy atom. The molecular formula is C18H18N2O5. The molecule has 3 N–H and O–H groups in total. The Kier molecular flexibility index (Phi) is 4.56. The Hall–Kier alpha value is -3.09. The van der Waals surface area contributed by atoms with Crippen molar-refractivity contribution in [2.45, 2.75) is 32.2 Å². The molecule has 2 aromatic rings. The standard InChI is InChI=1S/C18H18N2O5/c1-10-9-25-14(8-15(21)22)16(10)18(24)20-13-5-3-2-4-12(13)17(23)19-11-6-7-11/h2-5,9,11H,6-8H2,1H3,(H,19,23)(H,20,24)(H,21,22). The van der Waals surface area contributed by atoms with Crippen molar-refractivity contribution in [3.8, 4) is 0 Å². The molecule has 1 aliphatic carbocycles. The van der Waals surface area contributed by atoms with Crippen LogP contribution in [0.4, 0.5) is 5.69 Å². The van der Waals surface area contributed by atoms with Crippen molar-refractivity contribution in [1.29, 1.82) is 0 Å². The van der Waals surface area contributed by atoms with Gasteiger partial charge in [0.15, 0.2) is 0 Å². The monoisotopic (exact) mass is 342 g/mol. The fraction of sp³-hybridized carbons (Fsp3) is 0.278. The van der Waals surface area contributed by atoms with Crippen molar-refractivity contribution in [2.75, 3.05) is 5.32 Å². The van der Waals surface area contributed by atoms with Gasteiger partial charge in [0.1, 0.15) is 12.2 Å². The summed E-state index contributed by atoms with van der Waals surface area (Å²) < 4.78 is 5.18. The summed E-state index contributed by atoms with van der Waals surface area (Å²) in [5.41, 5.74) is 1.45. The number of rotatable bonds is 6. The molecule has 130 valence electrons. The summed E-state index contributed by atoms with van der Waals surface area (Å²) >= 11 is 0. The number of anilines is 1. The van der Waals surface area contributed by atoms with Gasteiger partial charge >= 0.3 is 5.97 Å². The van der Waals surface area contributed by atoms with Gasteiger partial charge in [-0.15, -0.1) is 0 Å². The van der Waals surface area contributed by atoms with E-state index in [1.807, 2.05) is 0 Å². The Bertz CT molecular complexity index is 836. The molecule has 7 nitrogen and oxygen atoms in total. The molecule has 25 heavy (non-hydrogen) atoms. The first-order valence-corrected chi connectivity index (χ1v) is 7.95. The number of benzene rings is 1. The van der Waals surface area contributed by atoms with Gasteiger partial charge in [0.2, 0.25) is 0 Å². The van der Waals surface area contributed by atoms with Gasteiger partial charge in [-0.25, -0.2) is 0 Å². The molecule has 0 bridgehead atoms. The van der Waals surface area contributed by atoms with Gasteiger partial charge in [-0.05, 0) is 31.9 Å². The number of furan rings is 1. The molecule has 0 aliphatic heterocycles. The summed E-state index contributed by atoms with van der Waals surface area (Å²) in [6.45, 7) is 1.66. The lowest BCUT2D eigenvalue weighted by Crippen LogP contribution is -2.27. The maximum atomic E-state index is 12.6. The van der Waals surface area contributed by atoms with Crippen molar-refractivity contribution < 1.29 is 23.9 Å². The van der Waals surface area contributed by atoms with E-state index < -0.39 is 11.9 Å². The summed E-state index contributed by atoms with van der Waals surface area (Å²) in [5, 5.41) is 14.5. The topological polar surface area (TPSA) is 109 Å². The number of hydrogen-bond acceptors (Lipinski definition) is 4. The van der Waals surface area contributed by atoms with E-state index in [4.69, 9.17) is 9.52 Å². The number of nitrogens with one attached hydrogen (secondary N) is 2. The van der Waals surface area contributed by atoms with Gasteiger partial charge in [-0.2, -0.15) is 0 Å². The van der Waals surface area contributed by atoms with Crippen molar-refractivity contribution in [2.24, 2.45) is 0 Å². The molecule has 3 rings (SSSR count). The molecule has 0 spiro atoms. The Morgan fingerprint density at radius 1 is 1.20 bits per heavy atom. The Labute approximate surface area is 144 Å². The molecule has 2 amide bonds. The van der Waals surface area contributed by atoms with Crippen molar-refractivity contribution >= 4 is 23.5 Å². The SMILES string of the molecule is Cc1coc(CC(=O)O)c1C(=O)Nc1ccccc1C(=O)NC1CC1. The highest BCUT2D eigenvalue weighted by atomic mass is 16.4. The highest BCUT2D eigenvalue weighted by Gasteiger charge is 2.26. The van der Waals surface area contributed by atoms with Crippen LogP contribution in [0.25, 0.3) is 0 Å². The summed E-state index contributed by atoms with van der Waals surface area (Å²) in [5.74, 6) is -1.75. The molecule has 1 aromatic heterocycles. The zero-order valence-corrected chi connectivity index (χ0v) is 13.7. The van der Waals surface area contributed by atoms with E-state index in [9.17, 15) is 14.4 Å². The predicted molar refractivity (Wildman–Crippen MR) is 89.7 cm³/mol. The predicted octanol–water partition coefficient (Wildman–Crippen LogP) is 2.36. The first kappa shape index (κ1) is 16.8. The van der Waals surface area contributed by atoms with Gasteiger partial charge in [0, 0.05) is 11.6 Å². The maximum absolute atomic E-state index is 12.6. The van der Waals surface area contributed by atoms with E-state index in [0.717, 1.165) is 12.8 Å². The first-order valence-electron chi connectivity index (χ1n) is 7.95. The van der Waals surface area contributed by atoms with Crippen LogP contribution >= 0.6 is 0 Å². The minimum atomic E-state index is -1.09. The normalized spacial score (nSPS) is 13.3. The van der Waals surface area contributed by atoms with Crippen LogP contribution in [0.1, 0.15) is 44.9 Å². The van der Waals surface area contributed by atoms with Crippen molar-refractivity contribution in [1.82, 2.24) is 5.32 Å². The van der Waals surface area contributed by atoms with Crippen LogP contribution in [0, 0.1) is 6.92 Å². The van der Waals surface area contributed by atoms with Crippen LogP contribution in [0.2, 0.25) is 0 Å². The highest BCUT2D eigenvalue weighted by Crippen LogP contribution is 2.23. The van der Waals surface area contributed by atoms with E-state index in [0.29, 0.717) is 16.8 Å².